The van der Waals surface area contributed by atoms with Crippen molar-refractivity contribution in [3.8, 4) is 0 Å². The number of carboxylic acid groups (broad SMARTS) is 1. The number of nitrogens with zero attached hydrogens (tertiary/aromatic N) is 1. The predicted octanol–water partition coefficient (Wildman–Crippen LogP) is 0.444. The summed E-state index contributed by atoms with van der Waals surface area (Å²) in [5.41, 5.74) is 0. The van der Waals surface area contributed by atoms with Gasteiger partial charge >= 0.3 is 18.0 Å². The van der Waals surface area contributed by atoms with E-state index in [1.54, 1.807) is 0 Å². The van der Waals surface area contributed by atoms with Gasteiger partial charge in [0.05, 0.1) is 7.11 Å². The van der Waals surface area contributed by atoms with Gasteiger partial charge < -0.3 is 20.1 Å². The van der Waals surface area contributed by atoms with Crippen molar-refractivity contribution in [2.24, 2.45) is 5.92 Å². The number of methoxy groups -OCH3 is 1. The van der Waals surface area contributed by atoms with E-state index in [0.717, 1.165) is 12.8 Å². The average Bonchev–Trinajstić information content (AvgIpc) is 2.43. The van der Waals surface area contributed by atoms with Gasteiger partial charge in [0.15, 0.2) is 0 Å². The minimum atomic E-state index is -1.01. The molecule has 1 fully saturated rings. The summed E-state index contributed by atoms with van der Waals surface area (Å²) in [5, 5.41) is 11.6. The van der Waals surface area contributed by atoms with Gasteiger partial charge in [-0.1, -0.05) is 13.3 Å². The molecule has 0 saturated carbocycles. The van der Waals surface area contributed by atoms with Crippen LogP contribution in [-0.2, 0) is 14.3 Å². The normalized spacial score (nSPS) is 22.7. The highest BCUT2D eigenvalue weighted by Crippen LogP contribution is 2.25. The maximum absolute atomic E-state index is 11.9. The zero-order valence-electron chi connectivity index (χ0n) is 11.2. The molecule has 0 aliphatic carbocycles. The number of piperidine rings is 1. The average molecular weight is 272 g/mol. The molecule has 1 heterocycles. The Morgan fingerprint density at radius 3 is 2.63 bits per heavy atom. The van der Waals surface area contributed by atoms with E-state index in [1.165, 1.54) is 12.0 Å². The molecular formula is C12H20N2O5. The van der Waals surface area contributed by atoms with Crippen molar-refractivity contribution in [3.63, 3.8) is 0 Å². The maximum atomic E-state index is 11.9. The summed E-state index contributed by atoms with van der Waals surface area (Å²) in [5.74, 6) is -1.25. The van der Waals surface area contributed by atoms with Crippen LogP contribution in [0, 0.1) is 5.92 Å². The molecule has 2 atom stereocenters. The summed E-state index contributed by atoms with van der Waals surface area (Å²) >= 11 is 0. The highest BCUT2D eigenvalue weighted by molar-refractivity contribution is 5.85. The lowest BCUT2D eigenvalue weighted by atomic mass is 9.89. The highest BCUT2D eigenvalue weighted by Gasteiger charge is 2.35. The maximum Gasteiger partial charge on any atom is 0.326 e. The van der Waals surface area contributed by atoms with Crippen molar-refractivity contribution in [1.82, 2.24) is 10.2 Å². The third-order valence-corrected chi connectivity index (χ3v) is 3.45. The Hall–Kier alpha value is -1.79. The topological polar surface area (TPSA) is 95.9 Å². The molecule has 1 rings (SSSR count). The van der Waals surface area contributed by atoms with Crippen LogP contribution in [0.15, 0.2) is 0 Å². The fourth-order valence-corrected chi connectivity index (χ4v) is 2.21. The van der Waals surface area contributed by atoms with Crippen LogP contribution in [0.2, 0.25) is 0 Å². The van der Waals surface area contributed by atoms with Crippen molar-refractivity contribution >= 4 is 18.0 Å². The number of esters is 1. The molecule has 7 nitrogen and oxygen atoms in total. The first-order chi connectivity index (χ1) is 8.99. The molecule has 2 N–H and O–H groups in total. The molecule has 0 radical (unpaired) electrons. The van der Waals surface area contributed by atoms with Gasteiger partial charge in [0.25, 0.3) is 0 Å². The van der Waals surface area contributed by atoms with Gasteiger partial charge in [0.1, 0.15) is 12.6 Å². The van der Waals surface area contributed by atoms with Gasteiger partial charge in [-0.3, -0.25) is 4.79 Å². The predicted molar refractivity (Wildman–Crippen MR) is 66.6 cm³/mol. The number of aliphatic carboxylic acids is 1. The van der Waals surface area contributed by atoms with E-state index in [1.807, 2.05) is 6.92 Å². The van der Waals surface area contributed by atoms with Crippen LogP contribution in [0.25, 0.3) is 0 Å². The Kier molecular flexibility index (Phi) is 5.59. The van der Waals surface area contributed by atoms with Crippen molar-refractivity contribution in [1.29, 1.82) is 0 Å². The van der Waals surface area contributed by atoms with Crippen LogP contribution >= 0.6 is 0 Å². The summed E-state index contributed by atoms with van der Waals surface area (Å²) in [6.07, 6.45) is 2.14. The van der Waals surface area contributed by atoms with Crippen LogP contribution in [0.3, 0.4) is 0 Å². The molecule has 19 heavy (non-hydrogen) atoms. The zero-order valence-corrected chi connectivity index (χ0v) is 11.2. The Bertz CT molecular complexity index is 358. The second kappa shape index (κ2) is 6.96. The van der Waals surface area contributed by atoms with E-state index >= 15 is 0 Å². The lowest BCUT2D eigenvalue weighted by Gasteiger charge is -2.36. The van der Waals surface area contributed by atoms with Gasteiger partial charge in [-0.25, -0.2) is 9.59 Å². The molecule has 7 heteroatoms. The molecule has 0 spiro atoms. The van der Waals surface area contributed by atoms with E-state index in [9.17, 15) is 19.5 Å². The molecule has 0 aromatic rings. The summed E-state index contributed by atoms with van der Waals surface area (Å²) in [6.45, 7) is 2.15. The third-order valence-electron chi connectivity index (χ3n) is 3.45. The van der Waals surface area contributed by atoms with Crippen LogP contribution < -0.4 is 5.32 Å². The van der Waals surface area contributed by atoms with E-state index in [-0.39, 0.29) is 6.54 Å². The minimum Gasteiger partial charge on any atom is -0.480 e. The van der Waals surface area contributed by atoms with Crippen LogP contribution in [0.1, 0.15) is 26.2 Å². The summed E-state index contributed by atoms with van der Waals surface area (Å²) < 4.78 is 4.41. The van der Waals surface area contributed by atoms with Crippen molar-refractivity contribution in [2.75, 3.05) is 20.2 Å². The molecule has 1 aliphatic rings. The second-order valence-corrected chi connectivity index (χ2v) is 4.58. The number of ether oxygens (including phenoxy) is 1. The Morgan fingerprint density at radius 2 is 2.11 bits per heavy atom. The van der Waals surface area contributed by atoms with E-state index in [2.05, 4.69) is 10.1 Å². The largest absolute Gasteiger partial charge is 0.480 e. The summed E-state index contributed by atoms with van der Waals surface area (Å²) in [7, 11) is 1.22. The first-order valence-electron chi connectivity index (χ1n) is 6.33. The fourth-order valence-electron chi connectivity index (χ4n) is 2.21. The Balaban J connectivity index is 2.61. The van der Waals surface area contributed by atoms with Gasteiger partial charge in [0, 0.05) is 6.54 Å². The number of hydrogen-bond acceptors (Lipinski definition) is 4. The number of carboxylic acids is 1. The lowest BCUT2D eigenvalue weighted by Crippen LogP contribution is -2.54. The number of hydrogen-bond donors (Lipinski definition) is 2. The van der Waals surface area contributed by atoms with Crippen LogP contribution in [0.4, 0.5) is 4.79 Å². The lowest BCUT2D eigenvalue weighted by molar-refractivity contribution is -0.144. The molecule has 0 bridgehead atoms. The number of rotatable bonds is 4. The zero-order chi connectivity index (χ0) is 14.4. The third kappa shape index (κ3) is 4.11. The number of carbonyl (C=O) groups excluding carboxylic acids is 2. The van der Waals surface area contributed by atoms with Gasteiger partial charge in [-0.15, -0.1) is 0 Å². The molecule has 108 valence electrons. The smallest absolute Gasteiger partial charge is 0.326 e. The number of nitrogens with one attached hydrogen (secondary N) is 1. The van der Waals surface area contributed by atoms with E-state index in [4.69, 9.17) is 0 Å². The molecule has 2 amide bonds. The van der Waals surface area contributed by atoms with E-state index in [0.29, 0.717) is 18.9 Å². The first-order valence-corrected chi connectivity index (χ1v) is 6.33. The summed E-state index contributed by atoms with van der Waals surface area (Å²) in [6, 6.07) is -1.36. The van der Waals surface area contributed by atoms with Crippen molar-refractivity contribution < 1.29 is 24.2 Å². The number of carbonyl (C=O) groups is 3. The van der Waals surface area contributed by atoms with Gasteiger partial charge in [-0.2, -0.15) is 0 Å². The van der Waals surface area contributed by atoms with E-state index < -0.39 is 24.0 Å². The fraction of sp³-hybridized carbons (Fsp3) is 0.750. The second-order valence-electron chi connectivity index (χ2n) is 4.58. The molecule has 1 saturated heterocycles. The molecule has 0 aromatic heterocycles. The monoisotopic (exact) mass is 272 g/mol. The molecule has 0 aromatic carbocycles. The number of amides is 2. The first kappa shape index (κ1) is 15.3. The SMILES string of the molecule is CCC1CCN(C(=O)NCC(=O)OC)C(C(=O)O)C1. The standard InChI is InChI=1S/C12H20N2O5/c1-3-8-4-5-14(9(6-8)11(16)17)12(18)13-7-10(15)19-2/h8-9H,3-7H2,1-2H3,(H,13,18)(H,16,17). The Labute approximate surface area is 111 Å². The van der Waals surface area contributed by atoms with Crippen LogP contribution in [0.5, 0.6) is 0 Å². The van der Waals surface area contributed by atoms with Crippen molar-refractivity contribution in [3.05, 3.63) is 0 Å². The number of urea groups is 1. The summed E-state index contributed by atoms with van der Waals surface area (Å²) in [4.78, 5) is 35.3. The molecule has 1 aliphatic heterocycles. The highest BCUT2D eigenvalue weighted by atomic mass is 16.5. The Morgan fingerprint density at radius 1 is 1.42 bits per heavy atom. The number of likely N-dealkylation sites (tertiary alicyclic amines) is 1. The minimum absolute atomic E-state index is 0.255. The van der Waals surface area contributed by atoms with Crippen molar-refractivity contribution in [2.45, 2.75) is 32.2 Å². The molecule has 2 unspecified atom stereocenters. The van der Waals surface area contributed by atoms with Gasteiger partial charge in [0.2, 0.25) is 0 Å². The molecular weight excluding hydrogens is 252 g/mol. The quantitative estimate of drug-likeness (QED) is 0.724. The van der Waals surface area contributed by atoms with Gasteiger partial charge in [-0.05, 0) is 18.8 Å². The van der Waals surface area contributed by atoms with Crippen LogP contribution in [-0.4, -0.2) is 54.2 Å².